The molecule has 0 radical (unpaired) electrons. The van der Waals surface area contributed by atoms with Crippen molar-refractivity contribution >= 4 is 11.9 Å². The van der Waals surface area contributed by atoms with Gasteiger partial charge in [0.15, 0.2) is 17.3 Å². The summed E-state index contributed by atoms with van der Waals surface area (Å²) in [5.74, 6) is 1.51. The largest absolute Gasteiger partial charge is 0.454 e. The third-order valence-electron chi connectivity index (χ3n) is 4.34. The van der Waals surface area contributed by atoms with Crippen LogP contribution in [-0.2, 0) is 23.3 Å². The van der Waals surface area contributed by atoms with Crippen LogP contribution in [0.1, 0.15) is 31.1 Å². The number of carbonyl (C=O) groups excluding carboxylic acids is 2. The molecule has 0 unspecified atom stereocenters. The lowest BCUT2D eigenvalue weighted by Gasteiger charge is -2.22. The van der Waals surface area contributed by atoms with Crippen molar-refractivity contribution in [2.45, 2.75) is 32.4 Å². The molecule has 1 N–H and O–H groups in total. The summed E-state index contributed by atoms with van der Waals surface area (Å²) in [4.78, 5) is 30.5. The minimum Gasteiger partial charge on any atom is -0.454 e. The third-order valence-corrected chi connectivity index (χ3v) is 4.34. The molecular formula is C16H16N4O5. The Morgan fingerprint density at radius 2 is 2.08 bits per heavy atom. The first kappa shape index (κ1) is 15.4. The van der Waals surface area contributed by atoms with Gasteiger partial charge in [0.05, 0.1) is 6.54 Å². The zero-order chi connectivity index (χ0) is 17.6. The van der Waals surface area contributed by atoms with Gasteiger partial charge in [0.2, 0.25) is 12.7 Å². The van der Waals surface area contributed by atoms with Crippen LogP contribution >= 0.6 is 0 Å². The molecule has 0 aliphatic carbocycles. The van der Waals surface area contributed by atoms with Gasteiger partial charge in [-0.05, 0) is 24.6 Å². The van der Waals surface area contributed by atoms with Crippen LogP contribution in [0.15, 0.2) is 22.7 Å². The van der Waals surface area contributed by atoms with Crippen molar-refractivity contribution in [3.05, 3.63) is 35.5 Å². The van der Waals surface area contributed by atoms with Gasteiger partial charge in [-0.1, -0.05) is 18.1 Å². The first-order chi connectivity index (χ1) is 12.0. The van der Waals surface area contributed by atoms with Gasteiger partial charge in [-0.2, -0.15) is 4.98 Å². The first-order valence-corrected chi connectivity index (χ1v) is 7.87. The van der Waals surface area contributed by atoms with Crippen LogP contribution in [0.3, 0.4) is 0 Å². The number of benzene rings is 1. The summed E-state index contributed by atoms with van der Waals surface area (Å²) in [7, 11) is 0. The Hall–Kier alpha value is -3.10. The second-order valence-electron chi connectivity index (χ2n) is 5.97. The molecule has 2 aromatic rings. The predicted molar refractivity (Wildman–Crippen MR) is 82.7 cm³/mol. The Kier molecular flexibility index (Phi) is 3.38. The lowest BCUT2D eigenvalue weighted by molar-refractivity contribution is -0.131. The normalized spacial score (nSPS) is 21.8. The van der Waals surface area contributed by atoms with E-state index in [0.29, 0.717) is 29.4 Å². The molecule has 0 spiro atoms. The van der Waals surface area contributed by atoms with E-state index < -0.39 is 11.6 Å². The van der Waals surface area contributed by atoms with E-state index in [1.165, 1.54) is 0 Å². The number of nitrogens with zero attached hydrogens (tertiary/aromatic N) is 3. The zero-order valence-corrected chi connectivity index (χ0v) is 13.7. The smallest absolute Gasteiger partial charge is 0.325 e. The summed E-state index contributed by atoms with van der Waals surface area (Å²) in [6.45, 7) is 3.62. The van der Waals surface area contributed by atoms with Crippen molar-refractivity contribution in [3.63, 3.8) is 0 Å². The van der Waals surface area contributed by atoms with E-state index in [4.69, 9.17) is 14.0 Å². The van der Waals surface area contributed by atoms with Gasteiger partial charge in [-0.25, -0.2) is 4.79 Å². The topological polar surface area (TPSA) is 107 Å². The van der Waals surface area contributed by atoms with Crippen LogP contribution in [-0.4, -0.2) is 33.8 Å². The number of imide groups is 1. The summed E-state index contributed by atoms with van der Waals surface area (Å²) in [6, 6.07) is 4.65. The minimum atomic E-state index is -1.20. The molecule has 9 nitrogen and oxygen atoms in total. The number of amides is 3. The Balaban J connectivity index is 1.61. The van der Waals surface area contributed by atoms with Crippen LogP contribution in [0.2, 0.25) is 0 Å². The van der Waals surface area contributed by atoms with Crippen LogP contribution in [0.5, 0.6) is 11.5 Å². The molecule has 3 heterocycles. The number of fused-ring (bicyclic) bond motifs is 1. The third kappa shape index (κ3) is 2.39. The first-order valence-electron chi connectivity index (χ1n) is 7.87. The van der Waals surface area contributed by atoms with Crippen LogP contribution in [0, 0.1) is 0 Å². The number of hydrogen-bond donors (Lipinski definition) is 1. The number of urea groups is 1. The maximum atomic E-state index is 12.9. The number of rotatable bonds is 4. The quantitative estimate of drug-likeness (QED) is 0.834. The standard InChI is InChI=1S/C16H16N4O5/c1-3-13-17-12(19-25-13)7-20-14(21)16(2,18-15(20)22)9-4-5-10-11(6-9)24-8-23-10/h4-6H,3,7-8H2,1-2H3,(H,18,22)/t16-/m1/s1. The number of aromatic nitrogens is 2. The molecule has 25 heavy (non-hydrogen) atoms. The predicted octanol–water partition coefficient (Wildman–Crippen LogP) is 1.33. The number of hydrogen-bond acceptors (Lipinski definition) is 7. The van der Waals surface area contributed by atoms with Crippen molar-refractivity contribution in [1.29, 1.82) is 0 Å². The Morgan fingerprint density at radius 1 is 1.28 bits per heavy atom. The van der Waals surface area contributed by atoms with Gasteiger partial charge >= 0.3 is 6.03 Å². The second-order valence-corrected chi connectivity index (χ2v) is 5.97. The fourth-order valence-electron chi connectivity index (χ4n) is 2.88. The fourth-order valence-corrected chi connectivity index (χ4v) is 2.88. The molecule has 0 saturated carbocycles. The van der Waals surface area contributed by atoms with Gasteiger partial charge in [0.1, 0.15) is 5.54 Å². The molecule has 1 atom stereocenters. The van der Waals surface area contributed by atoms with Crippen LogP contribution in [0.25, 0.3) is 0 Å². The second kappa shape index (κ2) is 5.47. The van der Waals surface area contributed by atoms with E-state index in [0.717, 1.165) is 4.90 Å². The molecule has 3 amide bonds. The van der Waals surface area contributed by atoms with E-state index in [2.05, 4.69) is 15.5 Å². The van der Waals surface area contributed by atoms with E-state index in [1.54, 1.807) is 25.1 Å². The Morgan fingerprint density at radius 3 is 2.84 bits per heavy atom. The molecule has 2 aliphatic rings. The van der Waals surface area contributed by atoms with Gasteiger partial charge in [-0.3, -0.25) is 9.69 Å². The van der Waals surface area contributed by atoms with Gasteiger partial charge in [-0.15, -0.1) is 0 Å². The van der Waals surface area contributed by atoms with Crippen molar-refractivity contribution in [1.82, 2.24) is 20.4 Å². The molecule has 1 aromatic carbocycles. The highest BCUT2D eigenvalue weighted by atomic mass is 16.7. The molecule has 2 aliphatic heterocycles. The fraction of sp³-hybridized carbons (Fsp3) is 0.375. The Bertz CT molecular complexity index is 864. The average molecular weight is 344 g/mol. The lowest BCUT2D eigenvalue weighted by Crippen LogP contribution is -2.40. The highest BCUT2D eigenvalue weighted by molar-refractivity contribution is 6.07. The van der Waals surface area contributed by atoms with Gasteiger partial charge in [0.25, 0.3) is 5.91 Å². The molecule has 130 valence electrons. The average Bonchev–Trinajstić information content (AvgIpc) is 3.30. The van der Waals surface area contributed by atoms with E-state index in [1.807, 2.05) is 6.92 Å². The number of aryl methyl sites for hydroxylation is 1. The summed E-state index contributed by atoms with van der Waals surface area (Å²) < 4.78 is 15.6. The summed E-state index contributed by atoms with van der Waals surface area (Å²) in [6.07, 6.45) is 0.585. The zero-order valence-electron chi connectivity index (χ0n) is 13.7. The number of ether oxygens (including phenoxy) is 2. The van der Waals surface area contributed by atoms with Crippen molar-refractivity contribution in [2.75, 3.05) is 6.79 Å². The lowest BCUT2D eigenvalue weighted by atomic mass is 9.91. The molecule has 4 rings (SSSR count). The Labute approximate surface area is 142 Å². The van der Waals surface area contributed by atoms with E-state index >= 15 is 0 Å². The van der Waals surface area contributed by atoms with Crippen molar-refractivity contribution in [2.24, 2.45) is 0 Å². The maximum Gasteiger partial charge on any atom is 0.325 e. The highest BCUT2D eigenvalue weighted by Crippen LogP contribution is 2.38. The molecule has 1 fully saturated rings. The highest BCUT2D eigenvalue weighted by Gasteiger charge is 2.49. The van der Waals surface area contributed by atoms with Crippen molar-refractivity contribution < 1.29 is 23.6 Å². The molecule has 1 aromatic heterocycles. The molecule has 1 saturated heterocycles. The van der Waals surface area contributed by atoms with Crippen LogP contribution in [0.4, 0.5) is 4.79 Å². The van der Waals surface area contributed by atoms with E-state index in [-0.39, 0.29) is 25.1 Å². The SMILES string of the molecule is CCc1nc(CN2C(=O)N[C@](C)(c3ccc4c(c3)OCO4)C2=O)no1. The minimum absolute atomic E-state index is 0.0473. The monoisotopic (exact) mass is 344 g/mol. The number of nitrogens with one attached hydrogen (secondary N) is 1. The van der Waals surface area contributed by atoms with Crippen LogP contribution < -0.4 is 14.8 Å². The summed E-state index contributed by atoms with van der Waals surface area (Å²) in [5, 5.41) is 6.52. The summed E-state index contributed by atoms with van der Waals surface area (Å²) >= 11 is 0. The van der Waals surface area contributed by atoms with Crippen molar-refractivity contribution in [3.8, 4) is 11.5 Å². The van der Waals surface area contributed by atoms with Gasteiger partial charge < -0.3 is 19.3 Å². The maximum absolute atomic E-state index is 12.9. The number of carbonyl (C=O) groups is 2. The molecular weight excluding hydrogens is 328 g/mol. The van der Waals surface area contributed by atoms with E-state index in [9.17, 15) is 9.59 Å². The molecule has 9 heteroatoms. The molecule has 0 bridgehead atoms. The van der Waals surface area contributed by atoms with Gasteiger partial charge in [0, 0.05) is 6.42 Å². The summed E-state index contributed by atoms with van der Waals surface area (Å²) in [5.41, 5.74) is -0.588.